The Bertz CT molecular complexity index is 812. The Balaban J connectivity index is 2.01. The second kappa shape index (κ2) is 5.99. The van der Waals surface area contributed by atoms with Gasteiger partial charge in [-0.25, -0.2) is 0 Å². The summed E-state index contributed by atoms with van der Waals surface area (Å²) in [5, 5.41) is 7.19. The van der Waals surface area contributed by atoms with Gasteiger partial charge in [0.2, 0.25) is 5.82 Å². The number of hydrogen-bond donors (Lipinski definition) is 1. The predicted octanol–water partition coefficient (Wildman–Crippen LogP) is 3.42. The quantitative estimate of drug-likeness (QED) is 0.804. The van der Waals surface area contributed by atoms with Crippen LogP contribution in [0.5, 0.6) is 0 Å². The van der Waals surface area contributed by atoms with Crippen LogP contribution in [0.4, 0.5) is 0 Å². The molecule has 6 heteroatoms. The number of hydrogen-bond acceptors (Lipinski definition) is 4. The maximum absolute atomic E-state index is 11.9. The summed E-state index contributed by atoms with van der Waals surface area (Å²) in [5.74, 6) is 0.532. The first-order valence-corrected chi connectivity index (χ1v) is 6.98. The smallest absolute Gasteiger partial charge is 0.259 e. The Morgan fingerprint density at radius 3 is 2.59 bits per heavy atom. The van der Waals surface area contributed by atoms with E-state index in [1.54, 1.807) is 37.4 Å². The van der Waals surface area contributed by atoms with E-state index in [1.165, 1.54) is 0 Å². The van der Waals surface area contributed by atoms with Crippen molar-refractivity contribution in [1.29, 1.82) is 0 Å². The Kier molecular flexibility index (Phi) is 3.89. The van der Waals surface area contributed by atoms with Crippen molar-refractivity contribution >= 4 is 17.5 Å². The van der Waals surface area contributed by atoms with Crippen molar-refractivity contribution in [3.63, 3.8) is 0 Å². The molecule has 1 heterocycles. The van der Waals surface area contributed by atoms with Crippen LogP contribution in [-0.4, -0.2) is 23.1 Å². The molecule has 5 nitrogen and oxygen atoms in total. The zero-order valence-electron chi connectivity index (χ0n) is 11.7. The monoisotopic (exact) mass is 313 g/mol. The van der Waals surface area contributed by atoms with Gasteiger partial charge >= 0.3 is 0 Å². The maximum atomic E-state index is 11.9. The Labute approximate surface area is 131 Å². The van der Waals surface area contributed by atoms with Gasteiger partial charge in [0.25, 0.3) is 11.8 Å². The fourth-order valence-corrected chi connectivity index (χ4v) is 2.18. The third kappa shape index (κ3) is 2.71. The summed E-state index contributed by atoms with van der Waals surface area (Å²) >= 11 is 5.86. The van der Waals surface area contributed by atoms with Crippen molar-refractivity contribution in [2.24, 2.45) is 0 Å². The van der Waals surface area contributed by atoms with E-state index < -0.39 is 0 Å². The molecule has 0 aliphatic heterocycles. The molecule has 2 aromatic carbocycles. The predicted molar refractivity (Wildman–Crippen MR) is 83.6 cm³/mol. The number of carbonyl (C=O) groups excluding carboxylic acids is 1. The molecule has 22 heavy (non-hydrogen) atoms. The molecule has 0 aliphatic carbocycles. The number of rotatable bonds is 3. The average Bonchev–Trinajstić information content (AvgIpc) is 3.04. The maximum Gasteiger partial charge on any atom is 0.259 e. The molecule has 0 unspecified atom stereocenters. The van der Waals surface area contributed by atoms with E-state index in [0.717, 1.165) is 5.56 Å². The molecule has 0 aliphatic rings. The normalized spacial score (nSPS) is 10.5. The molecule has 1 amide bonds. The van der Waals surface area contributed by atoms with E-state index in [0.29, 0.717) is 27.9 Å². The highest BCUT2D eigenvalue weighted by Crippen LogP contribution is 2.25. The molecule has 0 radical (unpaired) electrons. The van der Waals surface area contributed by atoms with E-state index in [-0.39, 0.29) is 5.91 Å². The molecule has 110 valence electrons. The van der Waals surface area contributed by atoms with Gasteiger partial charge in [-0.1, -0.05) is 28.9 Å². The van der Waals surface area contributed by atoms with E-state index in [9.17, 15) is 4.79 Å². The molecule has 1 aromatic heterocycles. The first-order valence-electron chi connectivity index (χ1n) is 6.60. The van der Waals surface area contributed by atoms with E-state index in [1.807, 2.05) is 18.2 Å². The molecular formula is C16H12ClN3O2. The van der Waals surface area contributed by atoms with Crippen molar-refractivity contribution < 1.29 is 9.32 Å². The van der Waals surface area contributed by atoms with Crippen molar-refractivity contribution in [3.05, 3.63) is 59.1 Å². The van der Waals surface area contributed by atoms with Crippen LogP contribution in [0.1, 0.15) is 10.4 Å². The highest BCUT2D eigenvalue weighted by atomic mass is 35.5. The van der Waals surface area contributed by atoms with Crippen molar-refractivity contribution in [1.82, 2.24) is 15.5 Å². The van der Waals surface area contributed by atoms with Crippen LogP contribution in [0.25, 0.3) is 22.8 Å². The fourth-order valence-electron chi connectivity index (χ4n) is 2.05. The lowest BCUT2D eigenvalue weighted by Crippen LogP contribution is -2.18. The molecular weight excluding hydrogens is 302 g/mol. The van der Waals surface area contributed by atoms with Crippen LogP contribution in [0, 0.1) is 0 Å². The molecule has 0 spiro atoms. The molecule has 1 N–H and O–H groups in total. The number of halogens is 1. The summed E-state index contributed by atoms with van der Waals surface area (Å²) in [5.41, 5.74) is 1.86. The summed E-state index contributed by atoms with van der Waals surface area (Å²) in [6, 6.07) is 14.2. The number of nitrogens with one attached hydrogen (secondary N) is 1. The zero-order valence-corrected chi connectivity index (χ0v) is 12.5. The van der Waals surface area contributed by atoms with E-state index in [4.69, 9.17) is 16.1 Å². The van der Waals surface area contributed by atoms with Crippen LogP contribution < -0.4 is 5.32 Å². The SMILES string of the molecule is CNC(=O)c1ccccc1-c1nc(-c2ccc(Cl)cc2)no1. The lowest BCUT2D eigenvalue weighted by molar-refractivity contribution is 0.0963. The van der Waals surface area contributed by atoms with Gasteiger partial charge < -0.3 is 9.84 Å². The van der Waals surface area contributed by atoms with Crippen molar-refractivity contribution in [2.45, 2.75) is 0 Å². The van der Waals surface area contributed by atoms with Gasteiger partial charge in [-0.05, 0) is 36.4 Å². The van der Waals surface area contributed by atoms with Crippen LogP contribution >= 0.6 is 11.6 Å². The Morgan fingerprint density at radius 1 is 1.14 bits per heavy atom. The van der Waals surface area contributed by atoms with Gasteiger partial charge in [-0.2, -0.15) is 4.98 Å². The van der Waals surface area contributed by atoms with Crippen molar-refractivity contribution in [3.8, 4) is 22.8 Å². The lowest BCUT2D eigenvalue weighted by Gasteiger charge is -2.03. The topological polar surface area (TPSA) is 68.0 Å². The van der Waals surface area contributed by atoms with Gasteiger partial charge in [0.1, 0.15) is 0 Å². The van der Waals surface area contributed by atoms with Crippen molar-refractivity contribution in [2.75, 3.05) is 7.05 Å². The summed E-state index contributed by atoms with van der Waals surface area (Å²) in [4.78, 5) is 16.3. The van der Waals surface area contributed by atoms with Gasteiger partial charge in [-0.15, -0.1) is 0 Å². The highest BCUT2D eigenvalue weighted by Gasteiger charge is 2.17. The first kappa shape index (κ1) is 14.3. The fraction of sp³-hybridized carbons (Fsp3) is 0.0625. The Morgan fingerprint density at radius 2 is 1.86 bits per heavy atom. The lowest BCUT2D eigenvalue weighted by atomic mass is 10.1. The van der Waals surface area contributed by atoms with Crippen LogP contribution in [0.2, 0.25) is 5.02 Å². The van der Waals surface area contributed by atoms with E-state index >= 15 is 0 Å². The van der Waals surface area contributed by atoms with Gasteiger partial charge in [0.15, 0.2) is 0 Å². The second-order valence-electron chi connectivity index (χ2n) is 4.55. The van der Waals surface area contributed by atoms with Gasteiger partial charge in [0, 0.05) is 17.6 Å². The summed E-state index contributed by atoms with van der Waals surface area (Å²) < 4.78 is 5.30. The average molecular weight is 314 g/mol. The summed E-state index contributed by atoms with van der Waals surface area (Å²) in [6.45, 7) is 0. The molecule has 3 aromatic rings. The van der Waals surface area contributed by atoms with E-state index in [2.05, 4.69) is 15.5 Å². The van der Waals surface area contributed by atoms with Gasteiger partial charge in [0.05, 0.1) is 11.1 Å². The number of aromatic nitrogens is 2. The summed E-state index contributed by atoms with van der Waals surface area (Å²) in [7, 11) is 1.58. The van der Waals surface area contributed by atoms with Gasteiger partial charge in [-0.3, -0.25) is 4.79 Å². The summed E-state index contributed by atoms with van der Waals surface area (Å²) in [6.07, 6.45) is 0. The third-order valence-corrected chi connectivity index (χ3v) is 3.41. The number of nitrogens with zero attached hydrogens (tertiary/aromatic N) is 2. The minimum atomic E-state index is -0.207. The van der Waals surface area contributed by atoms with Crippen LogP contribution in [-0.2, 0) is 0 Å². The highest BCUT2D eigenvalue weighted by molar-refractivity contribution is 6.30. The zero-order chi connectivity index (χ0) is 15.5. The molecule has 0 bridgehead atoms. The number of carbonyl (C=O) groups is 1. The first-order chi connectivity index (χ1) is 10.7. The molecule has 0 fully saturated rings. The Hall–Kier alpha value is -2.66. The molecule has 0 atom stereocenters. The standard InChI is InChI=1S/C16H12ClN3O2/c1-18-15(21)12-4-2-3-5-13(12)16-19-14(20-22-16)10-6-8-11(17)9-7-10/h2-9H,1H3,(H,18,21). The molecule has 0 saturated heterocycles. The van der Waals surface area contributed by atoms with Crippen LogP contribution in [0.3, 0.4) is 0 Å². The number of benzene rings is 2. The second-order valence-corrected chi connectivity index (χ2v) is 4.99. The third-order valence-electron chi connectivity index (χ3n) is 3.16. The van der Waals surface area contributed by atoms with Crippen LogP contribution in [0.15, 0.2) is 53.1 Å². The minimum absolute atomic E-state index is 0.207. The largest absolute Gasteiger partial charge is 0.355 e. The molecule has 3 rings (SSSR count). The number of amides is 1. The minimum Gasteiger partial charge on any atom is -0.355 e. The molecule has 0 saturated carbocycles.